The summed E-state index contributed by atoms with van der Waals surface area (Å²) in [6, 6.07) is 0. The van der Waals surface area contributed by atoms with Crippen molar-refractivity contribution in [3.8, 4) is 0 Å². The van der Waals surface area contributed by atoms with Crippen molar-refractivity contribution in [2.24, 2.45) is 17.8 Å². The molecule has 0 radical (unpaired) electrons. The van der Waals surface area contributed by atoms with Crippen molar-refractivity contribution < 1.29 is 43.9 Å². The Balaban J connectivity index is 2.00. The number of hydrogen-bond donors (Lipinski definition) is 3. The molecule has 1 saturated heterocycles. The molecule has 3 rings (SSSR count). The van der Waals surface area contributed by atoms with Crippen molar-refractivity contribution in [3.05, 3.63) is 24.3 Å². The van der Waals surface area contributed by atoms with Crippen molar-refractivity contribution in [3.63, 3.8) is 0 Å². The molecule has 172 valence electrons. The minimum Gasteiger partial charge on any atom is -0.463 e. The Morgan fingerprint density at radius 3 is 2.61 bits per heavy atom. The van der Waals surface area contributed by atoms with E-state index in [0.717, 1.165) is 0 Å². The van der Waals surface area contributed by atoms with Gasteiger partial charge in [0.1, 0.15) is 24.4 Å². The first-order valence-corrected chi connectivity index (χ1v) is 10.5. The molecule has 0 bridgehead atoms. The molecule has 10 heteroatoms. The van der Waals surface area contributed by atoms with Gasteiger partial charge in [0, 0.05) is 24.8 Å². The summed E-state index contributed by atoms with van der Waals surface area (Å²) in [5, 5.41) is 32.1. The number of aliphatic hydroxyl groups is 3. The molecule has 0 amide bonds. The average Bonchev–Trinajstić information content (AvgIpc) is 3.08. The number of aliphatic hydroxyl groups excluding tert-OH is 1. The van der Waals surface area contributed by atoms with E-state index in [4.69, 9.17) is 25.8 Å². The Bertz CT molecular complexity index is 822. The van der Waals surface area contributed by atoms with E-state index in [1.54, 1.807) is 0 Å². The van der Waals surface area contributed by atoms with Crippen LogP contribution in [0.2, 0.25) is 0 Å². The topological polar surface area (TPSA) is 140 Å². The average molecular weight is 459 g/mol. The second-order valence-corrected chi connectivity index (χ2v) is 9.06. The number of ether oxygens (including phenoxy) is 3. The van der Waals surface area contributed by atoms with Crippen molar-refractivity contribution in [2.75, 3.05) is 12.5 Å². The fourth-order valence-electron chi connectivity index (χ4n) is 4.82. The number of carbonyl (C=O) groups excluding carboxylic acids is 3. The molecule has 0 unspecified atom stereocenters. The normalized spacial score (nSPS) is 39.1. The van der Waals surface area contributed by atoms with Gasteiger partial charge in [0.15, 0.2) is 5.60 Å². The summed E-state index contributed by atoms with van der Waals surface area (Å²) in [5.74, 6) is -4.97. The zero-order valence-electron chi connectivity index (χ0n) is 17.4. The van der Waals surface area contributed by atoms with Gasteiger partial charge in [0.2, 0.25) is 0 Å². The molecule has 3 aliphatic rings. The van der Waals surface area contributed by atoms with Crippen LogP contribution in [-0.2, 0) is 28.6 Å². The molecule has 3 fully saturated rings. The first-order chi connectivity index (χ1) is 14.3. The van der Waals surface area contributed by atoms with E-state index in [0.29, 0.717) is 5.57 Å². The standard InChI is InChI=1S/C21H27ClO9/c1-9-5-13(30-19(26)20(4,27)7-22)15-10(2)18(25)31-17(15)16-12(9)6-14(24)21(16,28)8-29-11(3)23/h12-17,24,27-28H,1-2,5-8H2,3-4H3/t12-,13-,14-,15+,16-,17-,20+,21+/m0/s1. The summed E-state index contributed by atoms with van der Waals surface area (Å²) in [4.78, 5) is 36.2. The first-order valence-electron chi connectivity index (χ1n) is 9.94. The highest BCUT2D eigenvalue weighted by atomic mass is 35.5. The van der Waals surface area contributed by atoms with E-state index >= 15 is 0 Å². The zero-order chi connectivity index (χ0) is 23.3. The zero-order valence-corrected chi connectivity index (χ0v) is 18.1. The second kappa shape index (κ2) is 8.20. The quantitative estimate of drug-likeness (QED) is 0.174. The number of fused-ring (bicyclic) bond motifs is 3. The van der Waals surface area contributed by atoms with E-state index in [9.17, 15) is 29.7 Å². The first kappa shape index (κ1) is 23.7. The van der Waals surface area contributed by atoms with Crippen LogP contribution in [0.1, 0.15) is 26.7 Å². The summed E-state index contributed by atoms with van der Waals surface area (Å²) in [7, 11) is 0. The molecule has 9 nitrogen and oxygen atoms in total. The van der Waals surface area contributed by atoms with Crippen LogP contribution < -0.4 is 0 Å². The summed E-state index contributed by atoms with van der Waals surface area (Å²) in [5.41, 5.74) is -3.26. The number of rotatable bonds is 5. The van der Waals surface area contributed by atoms with Crippen molar-refractivity contribution in [2.45, 2.75) is 56.2 Å². The van der Waals surface area contributed by atoms with Crippen LogP contribution in [0.3, 0.4) is 0 Å². The van der Waals surface area contributed by atoms with Crippen LogP contribution in [0, 0.1) is 17.8 Å². The van der Waals surface area contributed by atoms with Gasteiger partial charge in [-0.1, -0.05) is 18.7 Å². The van der Waals surface area contributed by atoms with Crippen molar-refractivity contribution in [1.82, 2.24) is 0 Å². The van der Waals surface area contributed by atoms with Gasteiger partial charge in [-0.2, -0.15) is 0 Å². The van der Waals surface area contributed by atoms with Crippen LogP contribution in [-0.4, -0.2) is 75.2 Å². The number of esters is 3. The maximum Gasteiger partial charge on any atom is 0.339 e. The smallest absolute Gasteiger partial charge is 0.339 e. The van der Waals surface area contributed by atoms with E-state index in [1.807, 2.05) is 0 Å². The van der Waals surface area contributed by atoms with Gasteiger partial charge < -0.3 is 29.5 Å². The fourth-order valence-corrected chi connectivity index (χ4v) is 4.92. The van der Waals surface area contributed by atoms with Crippen molar-refractivity contribution >= 4 is 29.5 Å². The molecule has 31 heavy (non-hydrogen) atoms. The molecule has 0 aromatic carbocycles. The Morgan fingerprint density at radius 1 is 1.39 bits per heavy atom. The molecule has 0 spiro atoms. The number of halogens is 1. The highest BCUT2D eigenvalue weighted by molar-refractivity contribution is 6.20. The lowest BCUT2D eigenvalue weighted by molar-refractivity contribution is -0.181. The van der Waals surface area contributed by atoms with Crippen LogP contribution in [0.5, 0.6) is 0 Å². The molecule has 0 aromatic heterocycles. The molecule has 2 aliphatic carbocycles. The minimum atomic E-state index is -1.95. The molecular formula is C21H27ClO9. The summed E-state index contributed by atoms with van der Waals surface area (Å²) in [6.07, 6.45) is -3.05. The van der Waals surface area contributed by atoms with Gasteiger partial charge >= 0.3 is 17.9 Å². The Hall–Kier alpha value is -1.94. The number of carbonyl (C=O) groups is 3. The Labute approximate surface area is 184 Å². The maximum absolute atomic E-state index is 12.5. The second-order valence-electron chi connectivity index (χ2n) is 8.79. The number of hydrogen-bond acceptors (Lipinski definition) is 9. The molecule has 8 atom stereocenters. The monoisotopic (exact) mass is 458 g/mol. The molecule has 1 aliphatic heterocycles. The van der Waals surface area contributed by atoms with Gasteiger partial charge in [0.25, 0.3) is 0 Å². The Kier molecular flexibility index (Phi) is 6.27. The molecule has 0 aromatic rings. The van der Waals surface area contributed by atoms with Gasteiger partial charge in [-0.3, -0.25) is 4.79 Å². The maximum atomic E-state index is 12.5. The predicted octanol–water partition coefficient (Wildman–Crippen LogP) is 0.237. The lowest BCUT2D eigenvalue weighted by Crippen LogP contribution is -2.54. The summed E-state index contributed by atoms with van der Waals surface area (Å²) in [6.45, 7) is 9.69. The summed E-state index contributed by atoms with van der Waals surface area (Å²) < 4.78 is 16.1. The van der Waals surface area contributed by atoms with Gasteiger partial charge in [-0.05, 0) is 19.3 Å². The van der Waals surface area contributed by atoms with Crippen LogP contribution >= 0.6 is 11.6 Å². The van der Waals surface area contributed by atoms with Gasteiger partial charge in [-0.25, -0.2) is 9.59 Å². The molecule has 3 N–H and O–H groups in total. The Morgan fingerprint density at radius 2 is 2.03 bits per heavy atom. The predicted molar refractivity (Wildman–Crippen MR) is 107 cm³/mol. The lowest BCUT2D eigenvalue weighted by atomic mass is 9.76. The van der Waals surface area contributed by atoms with E-state index in [2.05, 4.69) is 13.2 Å². The van der Waals surface area contributed by atoms with Crippen molar-refractivity contribution in [1.29, 1.82) is 0 Å². The van der Waals surface area contributed by atoms with Gasteiger partial charge in [-0.15, -0.1) is 11.6 Å². The van der Waals surface area contributed by atoms with Crippen LogP contribution in [0.4, 0.5) is 0 Å². The van der Waals surface area contributed by atoms with Gasteiger partial charge in [0.05, 0.1) is 17.9 Å². The number of alkyl halides is 1. The van der Waals surface area contributed by atoms with E-state index < -0.39 is 77.7 Å². The molecular weight excluding hydrogens is 432 g/mol. The minimum absolute atomic E-state index is 0.0398. The third-order valence-electron chi connectivity index (χ3n) is 6.53. The largest absolute Gasteiger partial charge is 0.463 e. The highest BCUT2D eigenvalue weighted by Gasteiger charge is 2.65. The third-order valence-corrected chi connectivity index (χ3v) is 7.05. The lowest BCUT2D eigenvalue weighted by Gasteiger charge is -2.37. The van der Waals surface area contributed by atoms with Crippen LogP contribution in [0.25, 0.3) is 0 Å². The SMILES string of the molecule is C=C1C(=O)O[C@H]2[C@H]1[C@@H](OC(=O)[C@](C)(O)CCl)CC(=C)[C@@H]1C[C@H](O)[C@](O)(COC(C)=O)[C@H]21. The molecule has 2 saturated carbocycles. The summed E-state index contributed by atoms with van der Waals surface area (Å²) >= 11 is 5.65. The van der Waals surface area contributed by atoms with Crippen LogP contribution in [0.15, 0.2) is 24.3 Å². The van der Waals surface area contributed by atoms with E-state index in [-0.39, 0.29) is 18.4 Å². The highest BCUT2D eigenvalue weighted by Crippen LogP contribution is 2.55. The third kappa shape index (κ3) is 4.00. The fraction of sp³-hybridized carbons (Fsp3) is 0.667. The molecule has 1 heterocycles. The van der Waals surface area contributed by atoms with E-state index in [1.165, 1.54) is 13.8 Å².